The number of aromatic nitrogens is 2. The van der Waals surface area contributed by atoms with Gasteiger partial charge < -0.3 is 15.2 Å². The maximum absolute atomic E-state index is 11.6. The van der Waals surface area contributed by atoms with E-state index in [0.29, 0.717) is 23.8 Å². The van der Waals surface area contributed by atoms with Crippen LogP contribution in [0.2, 0.25) is 0 Å². The van der Waals surface area contributed by atoms with Crippen LogP contribution in [0, 0.1) is 12.3 Å². The molecule has 4 aromatic rings. The zero-order valence-corrected chi connectivity index (χ0v) is 19.2. The highest BCUT2D eigenvalue weighted by atomic mass is 16.5. The summed E-state index contributed by atoms with van der Waals surface area (Å²) in [7, 11) is 0. The quantitative estimate of drug-likeness (QED) is 0.333. The Labute approximate surface area is 204 Å². The summed E-state index contributed by atoms with van der Waals surface area (Å²) >= 11 is 0. The summed E-state index contributed by atoms with van der Waals surface area (Å²) < 4.78 is 5.95. The van der Waals surface area contributed by atoms with E-state index in [1.807, 2.05) is 18.2 Å². The molecule has 0 bridgehead atoms. The van der Waals surface area contributed by atoms with Gasteiger partial charge in [-0.3, -0.25) is 0 Å². The molecule has 0 aliphatic heterocycles. The van der Waals surface area contributed by atoms with E-state index in [-0.39, 0.29) is 11.7 Å². The minimum Gasteiger partial charge on any atom is -0.490 e. The fourth-order valence-corrected chi connectivity index (χ4v) is 4.26. The number of carbonyl (C=O) groups is 1. The molecule has 1 saturated carbocycles. The van der Waals surface area contributed by atoms with Crippen molar-refractivity contribution in [3.8, 4) is 29.4 Å². The van der Waals surface area contributed by atoms with Crippen molar-refractivity contribution in [2.24, 2.45) is 0 Å². The lowest BCUT2D eigenvalue weighted by Crippen LogP contribution is -2.25. The maximum atomic E-state index is 11.6. The third kappa shape index (κ3) is 4.80. The van der Waals surface area contributed by atoms with Crippen LogP contribution in [-0.2, 0) is 6.42 Å². The van der Waals surface area contributed by atoms with Gasteiger partial charge in [0.25, 0.3) is 0 Å². The van der Waals surface area contributed by atoms with Crippen LogP contribution >= 0.6 is 0 Å². The molecule has 1 heterocycles. The number of aromatic carboxylic acids is 1. The van der Waals surface area contributed by atoms with Gasteiger partial charge in [-0.05, 0) is 54.2 Å². The molecule has 0 amide bonds. The zero-order chi connectivity index (χ0) is 24.2. The summed E-state index contributed by atoms with van der Waals surface area (Å²) in [6, 6.07) is 19.2. The number of ether oxygens (including phenoxy) is 1. The van der Waals surface area contributed by atoms with Crippen molar-refractivity contribution >= 4 is 22.6 Å². The first kappa shape index (κ1) is 22.4. The summed E-state index contributed by atoms with van der Waals surface area (Å²) in [5.41, 5.74) is 3.65. The van der Waals surface area contributed by atoms with Crippen molar-refractivity contribution in [2.45, 2.75) is 31.8 Å². The van der Waals surface area contributed by atoms with E-state index in [2.05, 4.69) is 45.5 Å². The molecule has 3 aromatic carbocycles. The predicted molar refractivity (Wildman–Crippen MR) is 137 cm³/mol. The third-order valence-corrected chi connectivity index (χ3v) is 6.38. The molecule has 0 radical (unpaired) electrons. The molecule has 6 heteroatoms. The lowest BCUT2D eigenvalue weighted by atomic mass is 9.96. The van der Waals surface area contributed by atoms with Crippen LogP contribution in [0.5, 0.6) is 5.75 Å². The van der Waals surface area contributed by atoms with Crippen LogP contribution in [0.15, 0.2) is 67.0 Å². The number of hydrogen-bond donors (Lipinski definition) is 2. The molecule has 0 atom stereocenters. The zero-order valence-electron chi connectivity index (χ0n) is 19.2. The van der Waals surface area contributed by atoms with Crippen molar-refractivity contribution < 1.29 is 14.6 Å². The standard InChI is InChI=1S/C29H25N3O3/c1-2-23-20(11-10-19-6-3-4-9-24(19)23)14-15-30-28-17-26(31-18-32-28)21-12-13-25(29(33)34)27(16-21)35-22-7-5-8-22/h1,3-4,6,9-13,16-18,22H,5,7-8,14-15H2,(H,33,34)(H,30,31,32). The molecule has 2 N–H and O–H groups in total. The number of terminal acetylenes is 1. The fraction of sp³-hybridized carbons (Fsp3) is 0.207. The molecule has 5 rings (SSSR count). The highest BCUT2D eigenvalue weighted by Gasteiger charge is 2.22. The molecule has 0 unspecified atom stereocenters. The lowest BCUT2D eigenvalue weighted by molar-refractivity contribution is 0.0680. The molecule has 1 aliphatic carbocycles. The van der Waals surface area contributed by atoms with E-state index in [1.165, 1.54) is 6.33 Å². The Morgan fingerprint density at radius 2 is 1.97 bits per heavy atom. The van der Waals surface area contributed by atoms with Crippen LogP contribution in [0.4, 0.5) is 5.82 Å². The minimum atomic E-state index is -1.00. The summed E-state index contributed by atoms with van der Waals surface area (Å²) in [4.78, 5) is 20.4. The first-order chi connectivity index (χ1) is 17.1. The number of benzene rings is 3. The van der Waals surface area contributed by atoms with Crippen LogP contribution in [-0.4, -0.2) is 33.7 Å². The van der Waals surface area contributed by atoms with E-state index < -0.39 is 5.97 Å². The Morgan fingerprint density at radius 1 is 1.11 bits per heavy atom. The van der Waals surface area contributed by atoms with Gasteiger partial charge in [-0.2, -0.15) is 0 Å². The van der Waals surface area contributed by atoms with Crippen molar-refractivity contribution in [2.75, 3.05) is 11.9 Å². The molecule has 174 valence electrons. The van der Waals surface area contributed by atoms with Crippen molar-refractivity contribution in [3.63, 3.8) is 0 Å². The summed E-state index contributed by atoms with van der Waals surface area (Å²) in [5.74, 6) is 2.91. The van der Waals surface area contributed by atoms with Gasteiger partial charge in [0.1, 0.15) is 23.5 Å². The number of carboxylic acids is 1. The van der Waals surface area contributed by atoms with Crippen LogP contribution < -0.4 is 10.1 Å². The monoisotopic (exact) mass is 463 g/mol. The number of hydrogen-bond acceptors (Lipinski definition) is 5. The van der Waals surface area contributed by atoms with Gasteiger partial charge in [0.05, 0.1) is 11.8 Å². The molecule has 1 aliphatic rings. The molecule has 6 nitrogen and oxygen atoms in total. The van der Waals surface area contributed by atoms with Crippen LogP contribution in [0.25, 0.3) is 22.0 Å². The Kier molecular flexibility index (Phi) is 6.32. The van der Waals surface area contributed by atoms with Crippen molar-refractivity contribution in [1.29, 1.82) is 0 Å². The first-order valence-corrected chi connectivity index (χ1v) is 11.7. The van der Waals surface area contributed by atoms with Gasteiger partial charge in [0.2, 0.25) is 0 Å². The van der Waals surface area contributed by atoms with Gasteiger partial charge in [0.15, 0.2) is 0 Å². The molecular formula is C29H25N3O3. The molecule has 0 spiro atoms. The third-order valence-electron chi connectivity index (χ3n) is 6.38. The van der Waals surface area contributed by atoms with E-state index in [1.54, 1.807) is 18.2 Å². The number of rotatable bonds is 8. The van der Waals surface area contributed by atoms with E-state index in [0.717, 1.165) is 53.1 Å². The van der Waals surface area contributed by atoms with Crippen molar-refractivity contribution in [3.05, 3.63) is 83.7 Å². The Balaban J connectivity index is 1.32. The van der Waals surface area contributed by atoms with E-state index in [4.69, 9.17) is 11.2 Å². The molecule has 0 saturated heterocycles. The van der Waals surface area contributed by atoms with Crippen LogP contribution in [0.3, 0.4) is 0 Å². The molecular weight excluding hydrogens is 438 g/mol. The summed E-state index contributed by atoms with van der Waals surface area (Å²) in [5, 5.41) is 15.1. The fourth-order valence-electron chi connectivity index (χ4n) is 4.26. The normalized spacial score (nSPS) is 13.1. The summed E-state index contributed by atoms with van der Waals surface area (Å²) in [6.45, 7) is 0.650. The van der Waals surface area contributed by atoms with Crippen LogP contribution in [0.1, 0.15) is 40.7 Å². The van der Waals surface area contributed by atoms with Crippen molar-refractivity contribution in [1.82, 2.24) is 9.97 Å². The number of nitrogens with one attached hydrogen (secondary N) is 1. The average Bonchev–Trinajstić information content (AvgIpc) is 2.86. The number of anilines is 1. The predicted octanol–water partition coefficient (Wildman–Crippen LogP) is 5.56. The smallest absolute Gasteiger partial charge is 0.339 e. The second-order valence-corrected chi connectivity index (χ2v) is 8.62. The highest BCUT2D eigenvalue weighted by molar-refractivity contribution is 5.92. The Hall–Kier alpha value is -4.37. The minimum absolute atomic E-state index is 0.0778. The van der Waals surface area contributed by atoms with Gasteiger partial charge in [-0.15, -0.1) is 6.42 Å². The second kappa shape index (κ2) is 9.86. The highest BCUT2D eigenvalue weighted by Crippen LogP contribution is 2.32. The van der Waals surface area contributed by atoms with Gasteiger partial charge in [-0.1, -0.05) is 48.4 Å². The van der Waals surface area contributed by atoms with E-state index in [9.17, 15) is 9.90 Å². The number of fused-ring (bicyclic) bond motifs is 1. The SMILES string of the molecule is C#Cc1c(CCNc2cc(-c3ccc(C(=O)O)c(OC4CCC4)c3)ncn2)ccc2ccccc12. The maximum Gasteiger partial charge on any atom is 0.339 e. The lowest BCUT2D eigenvalue weighted by Gasteiger charge is -2.27. The largest absolute Gasteiger partial charge is 0.490 e. The Morgan fingerprint density at radius 3 is 2.74 bits per heavy atom. The van der Waals surface area contributed by atoms with Gasteiger partial charge >= 0.3 is 5.97 Å². The topological polar surface area (TPSA) is 84.3 Å². The molecule has 1 fully saturated rings. The summed E-state index contributed by atoms with van der Waals surface area (Å²) in [6.07, 6.45) is 11.2. The van der Waals surface area contributed by atoms with E-state index >= 15 is 0 Å². The molecule has 35 heavy (non-hydrogen) atoms. The number of nitrogens with zero attached hydrogens (tertiary/aromatic N) is 2. The molecule has 1 aromatic heterocycles. The average molecular weight is 464 g/mol. The second-order valence-electron chi connectivity index (χ2n) is 8.62. The van der Waals surface area contributed by atoms with Gasteiger partial charge in [-0.25, -0.2) is 14.8 Å². The number of carboxylic acid groups (broad SMARTS) is 1. The van der Waals surface area contributed by atoms with Gasteiger partial charge in [0, 0.05) is 23.7 Å². The Bertz CT molecular complexity index is 1440. The first-order valence-electron chi connectivity index (χ1n) is 11.7.